The van der Waals surface area contributed by atoms with Gasteiger partial charge in [-0.25, -0.2) is 4.98 Å². The Bertz CT molecular complexity index is 997. The highest BCUT2D eigenvalue weighted by atomic mass is 15.1. The highest BCUT2D eigenvalue weighted by Crippen LogP contribution is 2.42. The second-order valence-electron chi connectivity index (χ2n) is 5.47. The summed E-state index contributed by atoms with van der Waals surface area (Å²) in [6.07, 6.45) is 9.41. The molecule has 0 fully saturated rings. The summed E-state index contributed by atoms with van der Waals surface area (Å²) in [6.45, 7) is 0. The lowest BCUT2D eigenvalue weighted by molar-refractivity contribution is 0.698. The van der Waals surface area contributed by atoms with Crippen LogP contribution in [-0.2, 0) is 0 Å². The summed E-state index contributed by atoms with van der Waals surface area (Å²) >= 11 is 0. The van der Waals surface area contributed by atoms with Gasteiger partial charge in [-0.05, 0) is 29.1 Å². The van der Waals surface area contributed by atoms with Crippen molar-refractivity contribution in [2.24, 2.45) is 0 Å². The maximum Gasteiger partial charge on any atom is 0.104 e. The Labute approximate surface area is 127 Å². The quantitative estimate of drug-likeness (QED) is 0.473. The minimum Gasteiger partial charge on any atom is -0.317 e. The van der Waals surface area contributed by atoms with E-state index in [-0.39, 0.29) is 6.04 Å². The highest BCUT2D eigenvalue weighted by Gasteiger charge is 2.31. The van der Waals surface area contributed by atoms with Gasteiger partial charge in [-0.1, -0.05) is 18.2 Å². The predicted molar refractivity (Wildman–Crippen MR) is 84.4 cm³/mol. The zero-order chi connectivity index (χ0) is 14.5. The fourth-order valence-electron chi connectivity index (χ4n) is 3.38. The molecule has 5 rings (SSSR count). The van der Waals surface area contributed by atoms with Crippen molar-refractivity contribution < 1.29 is 0 Å². The van der Waals surface area contributed by atoms with E-state index in [1.165, 1.54) is 10.9 Å². The van der Waals surface area contributed by atoms with Gasteiger partial charge in [-0.15, -0.1) is 0 Å². The van der Waals surface area contributed by atoms with E-state index in [0.717, 1.165) is 22.3 Å². The van der Waals surface area contributed by atoms with Crippen LogP contribution in [0.2, 0.25) is 0 Å². The first-order chi connectivity index (χ1) is 10.9. The molecule has 0 N–H and O–H groups in total. The molecule has 1 aliphatic rings. The van der Waals surface area contributed by atoms with Gasteiger partial charge in [-0.2, -0.15) is 0 Å². The van der Waals surface area contributed by atoms with E-state index in [1.54, 1.807) is 0 Å². The number of benzene rings is 1. The Morgan fingerprint density at radius 2 is 1.91 bits per heavy atom. The van der Waals surface area contributed by atoms with Crippen LogP contribution in [0.25, 0.3) is 22.0 Å². The average molecular weight is 284 g/mol. The topological polar surface area (TPSA) is 43.6 Å². The van der Waals surface area contributed by atoms with Gasteiger partial charge in [0.15, 0.2) is 0 Å². The molecular weight excluding hydrogens is 272 g/mol. The Hall–Kier alpha value is -3.01. The Kier molecular flexibility index (Phi) is 2.24. The Balaban J connectivity index is 1.86. The van der Waals surface area contributed by atoms with E-state index in [9.17, 15) is 0 Å². The lowest BCUT2D eigenvalue weighted by atomic mass is 9.97. The molecule has 4 nitrogen and oxygen atoms in total. The first-order valence-electron chi connectivity index (χ1n) is 7.23. The smallest absolute Gasteiger partial charge is 0.104 e. The third-order valence-electron chi connectivity index (χ3n) is 4.33. The molecule has 4 aromatic rings. The van der Waals surface area contributed by atoms with E-state index in [4.69, 9.17) is 0 Å². The van der Waals surface area contributed by atoms with Crippen LogP contribution in [0.15, 0.2) is 67.5 Å². The molecule has 1 aromatic carbocycles. The number of pyridine rings is 2. The normalized spacial score (nSPS) is 15.7. The molecule has 104 valence electrons. The molecule has 0 aliphatic carbocycles. The molecular formula is C18H12N4. The third kappa shape index (κ3) is 1.44. The number of rotatable bonds is 1. The van der Waals surface area contributed by atoms with E-state index in [1.807, 2.05) is 43.2 Å². The van der Waals surface area contributed by atoms with Crippen molar-refractivity contribution in [2.45, 2.75) is 6.04 Å². The van der Waals surface area contributed by atoms with Crippen molar-refractivity contribution in [1.82, 2.24) is 19.5 Å². The van der Waals surface area contributed by atoms with E-state index >= 15 is 0 Å². The number of nitrogens with zero attached hydrogens (tertiary/aromatic N) is 4. The maximum atomic E-state index is 4.64. The number of fused-ring (bicyclic) bond motifs is 4. The lowest BCUT2D eigenvalue weighted by Gasteiger charge is -2.16. The molecule has 1 aliphatic heterocycles. The number of imidazole rings is 1. The van der Waals surface area contributed by atoms with Gasteiger partial charge in [0.2, 0.25) is 0 Å². The first kappa shape index (κ1) is 11.6. The van der Waals surface area contributed by atoms with Crippen molar-refractivity contribution in [1.29, 1.82) is 0 Å². The van der Waals surface area contributed by atoms with Crippen LogP contribution in [0, 0.1) is 0 Å². The van der Waals surface area contributed by atoms with Crippen molar-refractivity contribution in [3.63, 3.8) is 0 Å². The molecule has 1 atom stereocenters. The molecule has 22 heavy (non-hydrogen) atoms. The molecule has 0 radical (unpaired) electrons. The van der Waals surface area contributed by atoms with Crippen molar-refractivity contribution in [3.8, 4) is 11.3 Å². The van der Waals surface area contributed by atoms with E-state index in [0.29, 0.717) is 0 Å². The fourth-order valence-corrected chi connectivity index (χ4v) is 3.38. The molecule has 3 aromatic heterocycles. The fraction of sp³-hybridized carbons (Fsp3) is 0.0556. The molecule has 0 amide bonds. The van der Waals surface area contributed by atoms with E-state index in [2.05, 4.69) is 43.8 Å². The zero-order valence-electron chi connectivity index (χ0n) is 11.7. The second-order valence-corrected chi connectivity index (χ2v) is 5.47. The van der Waals surface area contributed by atoms with Crippen LogP contribution >= 0.6 is 0 Å². The molecule has 0 saturated heterocycles. The summed E-state index contributed by atoms with van der Waals surface area (Å²) in [5.74, 6) is 0. The van der Waals surface area contributed by atoms with E-state index < -0.39 is 0 Å². The Morgan fingerprint density at radius 1 is 0.909 bits per heavy atom. The van der Waals surface area contributed by atoms with Gasteiger partial charge in [-0.3, -0.25) is 9.97 Å². The third-order valence-corrected chi connectivity index (χ3v) is 4.33. The van der Waals surface area contributed by atoms with Crippen molar-refractivity contribution in [2.75, 3.05) is 0 Å². The monoisotopic (exact) mass is 284 g/mol. The summed E-state index contributed by atoms with van der Waals surface area (Å²) in [5, 5.41) is 2.35. The standard InChI is InChI=1S/C18H12N4/c1-3-12-6-8-19-9-15(12)13(4-1)18-17-14(5-2-7-21-17)16-10-20-11-22(16)18/h1-11,18H. The summed E-state index contributed by atoms with van der Waals surface area (Å²) in [7, 11) is 0. The predicted octanol–water partition coefficient (Wildman–Crippen LogP) is 3.44. The summed E-state index contributed by atoms with van der Waals surface area (Å²) in [4.78, 5) is 13.3. The van der Waals surface area contributed by atoms with Crippen LogP contribution in [0.5, 0.6) is 0 Å². The van der Waals surface area contributed by atoms with Crippen LogP contribution in [0.3, 0.4) is 0 Å². The number of aromatic nitrogens is 4. The summed E-state index contributed by atoms with van der Waals surface area (Å²) in [5.41, 5.74) is 4.57. The maximum absolute atomic E-state index is 4.64. The molecule has 0 spiro atoms. The number of hydrogen-bond donors (Lipinski definition) is 0. The Morgan fingerprint density at radius 3 is 2.91 bits per heavy atom. The van der Waals surface area contributed by atoms with Crippen LogP contribution in [0.1, 0.15) is 17.3 Å². The molecule has 1 unspecified atom stereocenters. The molecule has 4 heterocycles. The van der Waals surface area contributed by atoms with Gasteiger partial charge < -0.3 is 4.57 Å². The molecule has 0 bridgehead atoms. The SMILES string of the molecule is c1cnc2c(c1)-c1cncn1C2c1cccc2ccncc12. The van der Waals surface area contributed by atoms with Gasteiger partial charge in [0.05, 0.1) is 23.9 Å². The van der Waals surface area contributed by atoms with Crippen LogP contribution < -0.4 is 0 Å². The minimum atomic E-state index is 0.0570. The zero-order valence-corrected chi connectivity index (χ0v) is 11.7. The van der Waals surface area contributed by atoms with Gasteiger partial charge in [0.1, 0.15) is 6.04 Å². The second kappa shape index (κ2) is 4.24. The van der Waals surface area contributed by atoms with Crippen molar-refractivity contribution >= 4 is 10.8 Å². The number of hydrogen-bond acceptors (Lipinski definition) is 3. The summed E-state index contributed by atoms with van der Waals surface area (Å²) < 4.78 is 2.19. The van der Waals surface area contributed by atoms with Crippen LogP contribution in [0.4, 0.5) is 0 Å². The van der Waals surface area contributed by atoms with Gasteiger partial charge in [0, 0.05) is 29.5 Å². The molecule has 4 heteroatoms. The van der Waals surface area contributed by atoms with Crippen LogP contribution in [-0.4, -0.2) is 19.5 Å². The van der Waals surface area contributed by atoms with Crippen molar-refractivity contribution in [3.05, 3.63) is 78.8 Å². The average Bonchev–Trinajstić information content (AvgIpc) is 3.15. The molecule has 0 saturated carbocycles. The summed E-state index contributed by atoms with van der Waals surface area (Å²) in [6, 6.07) is 12.5. The minimum absolute atomic E-state index is 0.0570. The largest absolute Gasteiger partial charge is 0.317 e. The lowest BCUT2D eigenvalue weighted by Crippen LogP contribution is -2.08. The van der Waals surface area contributed by atoms with Gasteiger partial charge >= 0.3 is 0 Å². The first-order valence-corrected chi connectivity index (χ1v) is 7.23. The highest BCUT2D eigenvalue weighted by molar-refractivity contribution is 5.86. The van der Waals surface area contributed by atoms with Gasteiger partial charge in [0.25, 0.3) is 0 Å².